The number of thiazole rings is 1. The van der Waals surface area contributed by atoms with Crippen molar-refractivity contribution in [3.8, 4) is 0 Å². The van der Waals surface area contributed by atoms with Crippen molar-refractivity contribution in [1.82, 2.24) is 9.88 Å². The molecule has 2 N–H and O–H groups in total. The fourth-order valence-corrected chi connectivity index (χ4v) is 4.45. The van der Waals surface area contributed by atoms with Crippen molar-refractivity contribution < 1.29 is 9.53 Å². The number of rotatable bonds is 2. The van der Waals surface area contributed by atoms with Crippen LogP contribution in [-0.2, 0) is 4.74 Å². The van der Waals surface area contributed by atoms with E-state index in [2.05, 4.69) is 9.88 Å². The second-order valence-electron chi connectivity index (χ2n) is 6.07. The molecule has 1 aromatic rings. The number of carbonyl (C=O) groups is 1. The first-order valence-corrected chi connectivity index (χ1v) is 8.48. The van der Waals surface area contributed by atoms with E-state index >= 15 is 0 Å². The van der Waals surface area contributed by atoms with Crippen LogP contribution < -0.4 is 10.6 Å². The topological polar surface area (TPSA) is 71.7 Å². The minimum absolute atomic E-state index is 0.0237. The Labute approximate surface area is 127 Å². The molecule has 2 bridgehead atoms. The van der Waals surface area contributed by atoms with Gasteiger partial charge in [0.05, 0.1) is 12.2 Å². The number of amides is 1. The van der Waals surface area contributed by atoms with Crippen LogP contribution in [0.3, 0.4) is 0 Å². The maximum absolute atomic E-state index is 12.7. The summed E-state index contributed by atoms with van der Waals surface area (Å²) < 4.78 is 5.78. The smallest absolute Gasteiger partial charge is 0.268 e. The highest BCUT2D eigenvalue weighted by Gasteiger charge is 2.37. The van der Waals surface area contributed by atoms with E-state index < -0.39 is 0 Å². The van der Waals surface area contributed by atoms with E-state index in [9.17, 15) is 4.79 Å². The molecular formula is C14H20N4O2S. The minimum atomic E-state index is 0.0237. The van der Waals surface area contributed by atoms with E-state index in [1.54, 1.807) is 0 Å². The van der Waals surface area contributed by atoms with Crippen LogP contribution in [0.15, 0.2) is 0 Å². The lowest BCUT2D eigenvalue weighted by Gasteiger charge is -2.31. The second kappa shape index (κ2) is 5.14. The van der Waals surface area contributed by atoms with Gasteiger partial charge in [-0.2, -0.15) is 0 Å². The van der Waals surface area contributed by atoms with Gasteiger partial charge in [-0.3, -0.25) is 4.79 Å². The molecular weight excluding hydrogens is 288 g/mol. The Kier molecular flexibility index (Phi) is 3.26. The number of nitrogen functional groups attached to an aromatic ring is 1. The summed E-state index contributed by atoms with van der Waals surface area (Å²) in [7, 11) is 0. The summed E-state index contributed by atoms with van der Waals surface area (Å²) in [5.41, 5.74) is 6.00. The Morgan fingerprint density at radius 1 is 1.24 bits per heavy atom. The van der Waals surface area contributed by atoms with Crippen LogP contribution in [0, 0.1) is 0 Å². The third kappa shape index (κ3) is 2.38. The maximum Gasteiger partial charge on any atom is 0.268 e. The first-order valence-electron chi connectivity index (χ1n) is 7.66. The van der Waals surface area contributed by atoms with Gasteiger partial charge in [0.15, 0.2) is 5.13 Å². The molecule has 1 amide bonds. The monoisotopic (exact) mass is 308 g/mol. The van der Waals surface area contributed by atoms with Gasteiger partial charge in [0.25, 0.3) is 5.91 Å². The summed E-state index contributed by atoms with van der Waals surface area (Å²) in [6, 6.07) is 0. The number of ether oxygens (including phenoxy) is 1. The van der Waals surface area contributed by atoms with Gasteiger partial charge >= 0.3 is 0 Å². The molecule has 4 heterocycles. The fourth-order valence-electron chi connectivity index (χ4n) is 3.44. The van der Waals surface area contributed by atoms with Crippen LogP contribution in [-0.4, -0.2) is 54.2 Å². The number of fused-ring (bicyclic) bond motifs is 2. The zero-order valence-corrected chi connectivity index (χ0v) is 12.8. The molecule has 3 aliphatic heterocycles. The van der Waals surface area contributed by atoms with E-state index in [1.807, 2.05) is 4.90 Å². The summed E-state index contributed by atoms with van der Waals surface area (Å²) in [6.45, 7) is 3.40. The maximum atomic E-state index is 12.7. The van der Waals surface area contributed by atoms with Crippen LogP contribution >= 0.6 is 11.3 Å². The molecule has 2 unspecified atom stereocenters. The molecule has 21 heavy (non-hydrogen) atoms. The van der Waals surface area contributed by atoms with E-state index in [-0.39, 0.29) is 18.1 Å². The van der Waals surface area contributed by atoms with E-state index in [0.29, 0.717) is 23.8 Å². The van der Waals surface area contributed by atoms with Gasteiger partial charge in [-0.05, 0) is 25.7 Å². The Bertz CT molecular complexity index is 543. The lowest BCUT2D eigenvalue weighted by Crippen LogP contribution is -2.45. The van der Waals surface area contributed by atoms with Gasteiger partial charge in [-0.15, -0.1) is 0 Å². The van der Waals surface area contributed by atoms with Gasteiger partial charge in [0.2, 0.25) is 0 Å². The summed E-state index contributed by atoms with van der Waals surface area (Å²) in [6.07, 6.45) is 4.92. The number of hydrogen-bond acceptors (Lipinski definition) is 6. The first-order chi connectivity index (χ1) is 10.2. The predicted molar refractivity (Wildman–Crippen MR) is 81.8 cm³/mol. The zero-order chi connectivity index (χ0) is 14.4. The summed E-state index contributed by atoms with van der Waals surface area (Å²) in [5.74, 6) is 0.404. The number of aromatic nitrogens is 1. The number of morpholine rings is 1. The Balaban J connectivity index is 1.53. The van der Waals surface area contributed by atoms with Gasteiger partial charge in [0.1, 0.15) is 10.7 Å². The second-order valence-corrected chi connectivity index (χ2v) is 7.05. The van der Waals surface area contributed by atoms with Crippen molar-refractivity contribution in [2.75, 3.05) is 36.8 Å². The molecule has 0 spiro atoms. The van der Waals surface area contributed by atoms with Crippen LogP contribution in [0.1, 0.15) is 35.4 Å². The molecule has 0 aromatic carbocycles. The average molecular weight is 308 g/mol. The number of hydrogen-bond donors (Lipinski definition) is 1. The first kappa shape index (κ1) is 13.3. The molecule has 3 saturated heterocycles. The SMILES string of the molecule is Nc1nc(N2CCCC2)sc1C(=O)N1CC2CCC(C1)O2. The van der Waals surface area contributed by atoms with Crippen molar-refractivity contribution in [3.05, 3.63) is 4.88 Å². The quantitative estimate of drug-likeness (QED) is 0.892. The molecule has 0 radical (unpaired) electrons. The standard InChI is InChI=1S/C14H20N4O2S/c15-12-11(21-14(16-12)17-5-1-2-6-17)13(19)18-7-9-3-4-10(8-18)20-9/h9-10H,1-8,15H2. The van der Waals surface area contributed by atoms with Gasteiger partial charge in [-0.1, -0.05) is 11.3 Å². The van der Waals surface area contributed by atoms with Crippen molar-refractivity contribution >= 4 is 28.2 Å². The van der Waals surface area contributed by atoms with E-state index in [4.69, 9.17) is 10.5 Å². The van der Waals surface area contributed by atoms with Crippen LogP contribution in [0.2, 0.25) is 0 Å². The lowest BCUT2D eigenvalue weighted by atomic mass is 10.2. The normalized spacial score (nSPS) is 28.4. The van der Waals surface area contributed by atoms with Crippen LogP contribution in [0.5, 0.6) is 0 Å². The predicted octanol–water partition coefficient (Wildman–Crippen LogP) is 1.33. The molecule has 0 aliphatic carbocycles. The van der Waals surface area contributed by atoms with Gasteiger partial charge in [-0.25, -0.2) is 4.98 Å². The van der Waals surface area contributed by atoms with E-state index in [1.165, 1.54) is 24.2 Å². The lowest BCUT2D eigenvalue weighted by molar-refractivity contribution is -0.0301. The van der Waals surface area contributed by atoms with Crippen LogP contribution in [0.4, 0.5) is 10.9 Å². The van der Waals surface area contributed by atoms with Crippen molar-refractivity contribution in [2.24, 2.45) is 0 Å². The van der Waals surface area contributed by atoms with Gasteiger partial charge in [0, 0.05) is 26.2 Å². The Hall–Kier alpha value is -1.34. The van der Waals surface area contributed by atoms with Gasteiger partial charge < -0.3 is 20.3 Å². The van der Waals surface area contributed by atoms with E-state index in [0.717, 1.165) is 31.1 Å². The van der Waals surface area contributed by atoms with Crippen LogP contribution in [0.25, 0.3) is 0 Å². The number of nitrogens with two attached hydrogens (primary N) is 1. The third-order valence-electron chi connectivity index (χ3n) is 4.54. The molecule has 2 atom stereocenters. The number of likely N-dealkylation sites (tertiary alicyclic amines) is 1. The summed E-state index contributed by atoms with van der Waals surface area (Å²) >= 11 is 1.44. The Morgan fingerprint density at radius 2 is 1.90 bits per heavy atom. The molecule has 4 rings (SSSR count). The molecule has 3 aliphatic rings. The summed E-state index contributed by atoms with van der Waals surface area (Å²) in [5, 5.41) is 0.893. The fraction of sp³-hybridized carbons (Fsp3) is 0.714. The highest BCUT2D eigenvalue weighted by molar-refractivity contribution is 7.18. The van der Waals surface area contributed by atoms with Crippen molar-refractivity contribution in [2.45, 2.75) is 37.9 Å². The highest BCUT2D eigenvalue weighted by atomic mass is 32.1. The third-order valence-corrected chi connectivity index (χ3v) is 5.66. The minimum Gasteiger partial charge on any atom is -0.382 e. The largest absolute Gasteiger partial charge is 0.382 e. The zero-order valence-electron chi connectivity index (χ0n) is 12.0. The molecule has 7 heteroatoms. The molecule has 0 saturated carbocycles. The molecule has 114 valence electrons. The van der Waals surface area contributed by atoms with Crippen molar-refractivity contribution in [1.29, 1.82) is 0 Å². The number of carbonyl (C=O) groups excluding carboxylic acids is 1. The molecule has 3 fully saturated rings. The summed E-state index contributed by atoms with van der Waals surface area (Å²) in [4.78, 5) is 21.8. The number of anilines is 2. The average Bonchev–Trinajstić information content (AvgIpc) is 3.18. The Morgan fingerprint density at radius 3 is 2.57 bits per heavy atom. The molecule has 6 nitrogen and oxygen atoms in total. The number of nitrogens with zero attached hydrogens (tertiary/aromatic N) is 3. The van der Waals surface area contributed by atoms with Crippen molar-refractivity contribution in [3.63, 3.8) is 0 Å². The molecule has 1 aromatic heterocycles. The highest BCUT2D eigenvalue weighted by Crippen LogP contribution is 2.33.